The Morgan fingerprint density at radius 3 is 2.67 bits per heavy atom. The first kappa shape index (κ1) is 13.5. The van der Waals surface area contributed by atoms with Gasteiger partial charge in [0.2, 0.25) is 0 Å². The molecule has 6 heteroatoms. The highest BCUT2D eigenvalue weighted by molar-refractivity contribution is 6.29. The third-order valence-corrected chi connectivity index (χ3v) is 3.35. The van der Waals surface area contributed by atoms with Crippen LogP contribution in [0, 0.1) is 11.8 Å². The van der Waals surface area contributed by atoms with E-state index in [0.29, 0.717) is 18.4 Å². The predicted octanol–water partition coefficient (Wildman–Crippen LogP) is 4.21. The van der Waals surface area contributed by atoms with E-state index < -0.39 is 11.7 Å². The van der Waals surface area contributed by atoms with Crippen LogP contribution >= 0.6 is 11.6 Å². The molecule has 100 valence electrons. The smallest absolute Gasteiger partial charge is 0.370 e. The minimum Gasteiger partial charge on any atom is -0.370 e. The van der Waals surface area contributed by atoms with E-state index >= 15 is 0 Å². The van der Waals surface area contributed by atoms with Gasteiger partial charge in [0, 0.05) is 6.54 Å². The second-order valence-electron chi connectivity index (χ2n) is 4.76. The number of nitrogens with zero attached hydrogens (tertiary/aromatic N) is 1. The molecule has 0 radical (unpaired) electrons. The van der Waals surface area contributed by atoms with E-state index in [1.165, 1.54) is 12.8 Å². The van der Waals surface area contributed by atoms with Crippen LogP contribution in [0.1, 0.15) is 25.3 Å². The molecule has 1 heterocycles. The van der Waals surface area contributed by atoms with Crippen molar-refractivity contribution in [3.05, 3.63) is 22.8 Å². The maximum absolute atomic E-state index is 12.6. The van der Waals surface area contributed by atoms with Crippen molar-refractivity contribution in [3.63, 3.8) is 0 Å². The van der Waals surface area contributed by atoms with Crippen LogP contribution in [0.3, 0.4) is 0 Å². The maximum Gasteiger partial charge on any atom is 0.416 e. The molecule has 1 atom stereocenters. The van der Waals surface area contributed by atoms with Gasteiger partial charge in [-0.1, -0.05) is 18.5 Å². The third kappa shape index (κ3) is 3.51. The fraction of sp³-hybridized carbons (Fsp3) is 0.583. The van der Waals surface area contributed by atoms with Crippen LogP contribution in [0.5, 0.6) is 0 Å². The lowest BCUT2D eigenvalue weighted by atomic mass is 10.1. The van der Waals surface area contributed by atoms with Gasteiger partial charge in [0.15, 0.2) is 0 Å². The monoisotopic (exact) mass is 278 g/mol. The zero-order valence-electron chi connectivity index (χ0n) is 9.89. The molecule has 0 saturated heterocycles. The first-order chi connectivity index (χ1) is 8.36. The van der Waals surface area contributed by atoms with E-state index in [1.54, 1.807) is 0 Å². The van der Waals surface area contributed by atoms with Gasteiger partial charge >= 0.3 is 6.18 Å². The summed E-state index contributed by atoms with van der Waals surface area (Å²) < 4.78 is 37.7. The number of hydrogen-bond acceptors (Lipinski definition) is 2. The van der Waals surface area contributed by atoms with E-state index in [2.05, 4.69) is 17.2 Å². The van der Waals surface area contributed by atoms with E-state index in [4.69, 9.17) is 11.6 Å². The van der Waals surface area contributed by atoms with Crippen molar-refractivity contribution < 1.29 is 13.2 Å². The maximum atomic E-state index is 12.6. The number of nitrogens with one attached hydrogen (secondary N) is 1. The summed E-state index contributed by atoms with van der Waals surface area (Å²) in [5.74, 6) is 1.32. The lowest BCUT2D eigenvalue weighted by Gasteiger charge is -2.14. The normalized spacial score (nSPS) is 17.6. The number of pyridine rings is 1. The van der Waals surface area contributed by atoms with Crippen LogP contribution < -0.4 is 5.32 Å². The molecule has 0 bridgehead atoms. The fourth-order valence-electron chi connectivity index (χ4n) is 1.85. The van der Waals surface area contributed by atoms with Crippen molar-refractivity contribution in [1.82, 2.24) is 4.98 Å². The average molecular weight is 279 g/mol. The minimum absolute atomic E-state index is 0.147. The lowest BCUT2D eigenvalue weighted by molar-refractivity contribution is -0.137. The van der Waals surface area contributed by atoms with Crippen molar-refractivity contribution in [1.29, 1.82) is 0 Å². The molecule has 1 saturated carbocycles. The van der Waals surface area contributed by atoms with Crippen LogP contribution in [0.2, 0.25) is 5.15 Å². The summed E-state index contributed by atoms with van der Waals surface area (Å²) in [4.78, 5) is 3.85. The SMILES string of the molecule is CC(CNc1cc(C(F)(F)F)cc(Cl)n1)C1CC1. The molecule has 1 aliphatic carbocycles. The van der Waals surface area contributed by atoms with Gasteiger partial charge in [-0.15, -0.1) is 0 Å². The Balaban J connectivity index is 2.05. The van der Waals surface area contributed by atoms with Crippen LogP contribution in [-0.4, -0.2) is 11.5 Å². The van der Waals surface area contributed by atoms with Crippen molar-refractivity contribution in [3.8, 4) is 0 Å². The number of anilines is 1. The molecular weight excluding hydrogens is 265 g/mol. The van der Waals surface area contributed by atoms with Crippen LogP contribution in [0.15, 0.2) is 12.1 Å². The topological polar surface area (TPSA) is 24.9 Å². The molecule has 0 amide bonds. The van der Waals surface area contributed by atoms with Crippen LogP contribution in [-0.2, 0) is 6.18 Å². The summed E-state index contributed by atoms with van der Waals surface area (Å²) in [6, 6.07) is 1.82. The Kier molecular flexibility index (Phi) is 3.71. The Morgan fingerprint density at radius 1 is 1.44 bits per heavy atom. The standard InChI is InChI=1S/C12H14ClF3N2/c1-7(8-2-3-8)6-17-11-5-9(12(14,15)16)4-10(13)18-11/h4-5,7-8H,2-3,6H2,1H3,(H,17,18). The minimum atomic E-state index is -4.40. The van der Waals surface area contributed by atoms with E-state index in [0.717, 1.165) is 12.1 Å². The van der Waals surface area contributed by atoms with E-state index in [1.807, 2.05) is 0 Å². The first-order valence-electron chi connectivity index (χ1n) is 5.85. The van der Waals surface area contributed by atoms with Gasteiger partial charge in [0.05, 0.1) is 5.56 Å². The van der Waals surface area contributed by atoms with Crippen molar-refractivity contribution >= 4 is 17.4 Å². The largest absolute Gasteiger partial charge is 0.416 e. The van der Waals surface area contributed by atoms with Crippen molar-refractivity contribution in [2.24, 2.45) is 11.8 Å². The van der Waals surface area contributed by atoms with Gasteiger partial charge in [-0.2, -0.15) is 13.2 Å². The molecular formula is C12H14ClF3N2. The molecule has 2 nitrogen and oxygen atoms in total. The second-order valence-corrected chi connectivity index (χ2v) is 5.14. The highest BCUT2D eigenvalue weighted by Crippen LogP contribution is 2.37. The Labute approximate surface area is 109 Å². The number of rotatable bonds is 4. The number of alkyl halides is 3. The quantitative estimate of drug-likeness (QED) is 0.835. The molecule has 1 fully saturated rings. The van der Waals surface area contributed by atoms with Gasteiger partial charge in [0.1, 0.15) is 11.0 Å². The number of halogens is 4. The molecule has 1 N–H and O–H groups in total. The van der Waals surface area contributed by atoms with E-state index in [9.17, 15) is 13.2 Å². The predicted molar refractivity (Wildman–Crippen MR) is 64.6 cm³/mol. The van der Waals surface area contributed by atoms with Gasteiger partial charge in [-0.3, -0.25) is 0 Å². The summed E-state index contributed by atoms with van der Waals surface area (Å²) in [7, 11) is 0. The molecule has 1 unspecified atom stereocenters. The number of aromatic nitrogens is 1. The molecule has 0 spiro atoms. The molecule has 2 rings (SSSR count). The molecule has 18 heavy (non-hydrogen) atoms. The Bertz CT molecular complexity index is 430. The van der Waals surface area contributed by atoms with Crippen molar-refractivity contribution in [2.75, 3.05) is 11.9 Å². The van der Waals surface area contributed by atoms with Crippen LogP contribution in [0.25, 0.3) is 0 Å². The zero-order valence-corrected chi connectivity index (χ0v) is 10.6. The van der Waals surface area contributed by atoms with Gasteiger partial charge in [-0.25, -0.2) is 4.98 Å². The Hall–Kier alpha value is -0.970. The molecule has 1 aromatic heterocycles. The molecule has 1 aliphatic rings. The summed E-state index contributed by atoms with van der Waals surface area (Å²) in [5.41, 5.74) is -0.774. The molecule has 1 aromatic rings. The highest BCUT2D eigenvalue weighted by Gasteiger charge is 2.32. The third-order valence-electron chi connectivity index (χ3n) is 3.15. The summed E-state index contributed by atoms with van der Waals surface area (Å²) in [6.07, 6.45) is -1.98. The van der Waals surface area contributed by atoms with Crippen molar-refractivity contribution in [2.45, 2.75) is 25.9 Å². The van der Waals surface area contributed by atoms with E-state index in [-0.39, 0.29) is 11.0 Å². The molecule has 0 aliphatic heterocycles. The zero-order chi connectivity index (χ0) is 13.3. The fourth-order valence-corrected chi connectivity index (χ4v) is 2.06. The summed E-state index contributed by atoms with van der Waals surface area (Å²) >= 11 is 5.60. The van der Waals surface area contributed by atoms with Crippen LogP contribution in [0.4, 0.5) is 19.0 Å². The summed E-state index contributed by atoms with van der Waals surface area (Å²) in [5, 5.41) is 2.78. The average Bonchev–Trinajstić information content (AvgIpc) is 3.07. The summed E-state index contributed by atoms with van der Waals surface area (Å²) in [6.45, 7) is 2.70. The highest BCUT2D eigenvalue weighted by atomic mass is 35.5. The van der Waals surface area contributed by atoms with Gasteiger partial charge in [-0.05, 0) is 36.8 Å². The second kappa shape index (κ2) is 4.96. The van der Waals surface area contributed by atoms with Gasteiger partial charge < -0.3 is 5.32 Å². The van der Waals surface area contributed by atoms with Gasteiger partial charge in [0.25, 0.3) is 0 Å². The number of hydrogen-bond donors (Lipinski definition) is 1. The lowest BCUT2D eigenvalue weighted by Crippen LogP contribution is -2.15. The first-order valence-corrected chi connectivity index (χ1v) is 6.22. The Morgan fingerprint density at radius 2 is 2.11 bits per heavy atom. The molecule has 0 aromatic carbocycles.